The average molecular weight is 406 g/mol. The van der Waals surface area contributed by atoms with Gasteiger partial charge in [0.15, 0.2) is 0 Å². The van der Waals surface area contributed by atoms with Gasteiger partial charge in [-0.25, -0.2) is 9.18 Å². The first-order chi connectivity index (χ1) is 13.6. The second-order valence-corrected chi connectivity index (χ2v) is 9.28. The normalized spacial score (nSPS) is 25.2. The van der Waals surface area contributed by atoms with Gasteiger partial charge in [0.2, 0.25) is 5.91 Å². The van der Waals surface area contributed by atoms with Crippen molar-refractivity contribution in [2.75, 3.05) is 26.2 Å². The molecule has 0 bridgehead atoms. The van der Waals surface area contributed by atoms with Crippen molar-refractivity contribution in [1.29, 1.82) is 0 Å². The fraction of sp³-hybridized carbons (Fsp3) is 0.636. The molecule has 160 valence electrons. The van der Waals surface area contributed by atoms with Crippen molar-refractivity contribution in [3.05, 3.63) is 35.6 Å². The van der Waals surface area contributed by atoms with Gasteiger partial charge in [-0.05, 0) is 63.6 Å². The van der Waals surface area contributed by atoms with Gasteiger partial charge in [-0.15, -0.1) is 0 Å². The molecule has 0 radical (unpaired) electrons. The zero-order valence-electron chi connectivity index (χ0n) is 17.6. The summed E-state index contributed by atoms with van der Waals surface area (Å²) in [6, 6.07) is 6.18. The standard InChI is InChI=1S/C22H32FN3O3/c1-22(2,3)29-21(28)26-13-18(19(24)14-26)20(27)25-10-4-5-16(12-25)11-15-6-8-17(23)9-7-15/h6-9,16,18-19H,4-5,10-14,24H2,1-3H3. The van der Waals surface area contributed by atoms with Gasteiger partial charge in [-0.1, -0.05) is 12.1 Å². The van der Waals surface area contributed by atoms with Crippen LogP contribution in [0.3, 0.4) is 0 Å². The first kappa shape index (κ1) is 21.6. The molecular weight excluding hydrogens is 373 g/mol. The van der Waals surface area contributed by atoms with Gasteiger partial charge in [0.1, 0.15) is 11.4 Å². The summed E-state index contributed by atoms with van der Waals surface area (Å²) in [7, 11) is 0. The maximum Gasteiger partial charge on any atom is 0.410 e. The highest BCUT2D eigenvalue weighted by molar-refractivity contribution is 5.81. The molecule has 1 aromatic rings. The van der Waals surface area contributed by atoms with E-state index in [1.807, 2.05) is 37.8 Å². The molecule has 1 aromatic carbocycles. The Morgan fingerprint density at radius 2 is 1.83 bits per heavy atom. The Labute approximate surface area is 172 Å². The third-order valence-electron chi connectivity index (χ3n) is 5.60. The number of likely N-dealkylation sites (tertiary alicyclic amines) is 2. The summed E-state index contributed by atoms with van der Waals surface area (Å²) < 4.78 is 18.5. The lowest BCUT2D eigenvalue weighted by molar-refractivity contribution is -0.137. The van der Waals surface area contributed by atoms with E-state index in [9.17, 15) is 14.0 Å². The quantitative estimate of drug-likeness (QED) is 0.839. The number of hydrogen-bond acceptors (Lipinski definition) is 4. The van der Waals surface area contributed by atoms with Crippen molar-refractivity contribution >= 4 is 12.0 Å². The minimum Gasteiger partial charge on any atom is -0.444 e. The molecule has 0 saturated carbocycles. The van der Waals surface area contributed by atoms with E-state index in [1.54, 1.807) is 4.90 Å². The van der Waals surface area contributed by atoms with Crippen molar-refractivity contribution in [2.45, 2.75) is 51.7 Å². The Balaban J connectivity index is 1.57. The zero-order chi connectivity index (χ0) is 21.2. The van der Waals surface area contributed by atoms with Crippen LogP contribution in [0.25, 0.3) is 0 Å². The Hall–Kier alpha value is -2.15. The predicted molar refractivity (Wildman–Crippen MR) is 109 cm³/mol. The summed E-state index contributed by atoms with van der Waals surface area (Å²) >= 11 is 0. The lowest BCUT2D eigenvalue weighted by atomic mass is 9.90. The second-order valence-electron chi connectivity index (χ2n) is 9.28. The van der Waals surface area contributed by atoms with Gasteiger partial charge in [0.05, 0.1) is 5.92 Å². The molecule has 2 aliphatic rings. The molecule has 2 aliphatic heterocycles. The first-order valence-electron chi connectivity index (χ1n) is 10.4. The molecule has 7 heteroatoms. The van der Waals surface area contributed by atoms with Gasteiger partial charge in [-0.3, -0.25) is 4.79 Å². The Bertz CT molecular complexity index is 732. The molecule has 6 nitrogen and oxygen atoms in total. The molecule has 3 rings (SSSR count). The van der Waals surface area contributed by atoms with E-state index >= 15 is 0 Å². The van der Waals surface area contributed by atoms with Gasteiger partial charge in [0.25, 0.3) is 0 Å². The molecule has 2 amide bonds. The highest BCUT2D eigenvalue weighted by Gasteiger charge is 2.41. The van der Waals surface area contributed by atoms with Crippen LogP contribution in [-0.4, -0.2) is 59.6 Å². The highest BCUT2D eigenvalue weighted by atomic mass is 19.1. The lowest BCUT2D eigenvalue weighted by Crippen LogP contribution is -2.47. The van der Waals surface area contributed by atoms with Crippen molar-refractivity contribution in [2.24, 2.45) is 17.6 Å². The Morgan fingerprint density at radius 1 is 1.14 bits per heavy atom. The topological polar surface area (TPSA) is 75.9 Å². The van der Waals surface area contributed by atoms with E-state index in [-0.39, 0.29) is 17.8 Å². The number of nitrogens with two attached hydrogens (primary N) is 1. The van der Waals surface area contributed by atoms with Crippen LogP contribution in [0, 0.1) is 17.7 Å². The third-order valence-corrected chi connectivity index (χ3v) is 5.60. The molecule has 2 heterocycles. The number of piperidine rings is 1. The summed E-state index contributed by atoms with van der Waals surface area (Å²) in [6.45, 7) is 7.47. The van der Waals surface area contributed by atoms with E-state index in [2.05, 4.69) is 0 Å². The molecule has 0 spiro atoms. The first-order valence-corrected chi connectivity index (χ1v) is 10.4. The van der Waals surface area contributed by atoms with E-state index < -0.39 is 17.6 Å². The number of ether oxygens (including phenoxy) is 1. The number of halogens is 1. The maximum atomic E-state index is 13.1. The van der Waals surface area contributed by atoms with Crippen molar-refractivity contribution in [3.8, 4) is 0 Å². The molecule has 0 aromatic heterocycles. The smallest absolute Gasteiger partial charge is 0.410 e. The van der Waals surface area contributed by atoms with Crippen LogP contribution in [0.5, 0.6) is 0 Å². The molecule has 0 aliphatic carbocycles. The minimum absolute atomic E-state index is 0.0207. The lowest BCUT2D eigenvalue weighted by Gasteiger charge is -2.35. The molecule has 2 fully saturated rings. The number of benzene rings is 1. The summed E-state index contributed by atoms with van der Waals surface area (Å²) in [5, 5.41) is 0. The van der Waals surface area contributed by atoms with Crippen LogP contribution in [0.2, 0.25) is 0 Å². The van der Waals surface area contributed by atoms with Crippen LogP contribution in [-0.2, 0) is 16.0 Å². The highest BCUT2D eigenvalue weighted by Crippen LogP contribution is 2.26. The summed E-state index contributed by atoms with van der Waals surface area (Å²) in [5.41, 5.74) is 6.72. The summed E-state index contributed by atoms with van der Waals surface area (Å²) in [6.07, 6.45) is 2.39. The van der Waals surface area contributed by atoms with Crippen LogP contribution in [0.15, 0.2) is 24.3 Å². The largest absolute Gasteiger partial charge is 0.444 e. The second kappa shape index (κ2) is 8.69. The van der Waals surface area contributed by atoms with E-state index in [4.69, 9.17) is 10.5 Å². The Kier molecular flexibility index (Phi) is 6.46. The van der Waals surface area contributed by atoms with Gasteiger partial charge < -0.3 is 20.3 Å². The molecule has 29 heavy (non-hydrogen) atoms. The van der Waals surface area contributed by atoms with E-state index in [0.29, 0.717) is 32.1 Å². The van der Waals surface area contributed by atoms with Crippen molar-refractivity contribution < 1.29 is 18.7 Å². The molecule has 3 atom stereocenters. The number of hydrogen-bond donors (Lipinski definition) is 1. The van der Waals surface area contributed by atoms with Gasteiger partial charge in [0, 0.05) is 32.2 Å². The molecule has 2 saturated heterocycles. The molecule has 3 unspecified atom stereocenters. The maximum absolute atomic E-state index is 13.1. The van der Waals surface area contributed by atoms with E-state index in [1.165, 1.54) is 12.1 Å². The van der Waals surface area contributed by atoms with Crippen LogP contribution < -0.4 is 5.73 Å². The summed E-state index contributed by atoms with van der Waals surface area (Å²) in [4.78, 5) is 28.9. The van der Waals surface area contributed by atoms with Gasteiger partial charge in [-0.2, -0.15) is 0 Å². The number of amides is 2. The van der Waals surface area contributed by atoms with Crippen LogP contribution >= 0.6 is 0 Å². The molecular formula is C22H32FN3O3. The Morgan fingerprint density at radius 3 is 2.48 bits per heavy atom. The van der Waals surface area contributed by atoms with Crippen molar-refractivity contribution in [3.63, 3.8) is 0 Å². The number of carbonyl (C=O) groups excluding carboxylic acids is 2. The third kappa shape index (κ3) is 5.69. The predicted octanol–water partition coefficient (Wildman–Crippen LogP) is 2.80. The SMILES string of the molecule is CC(C)(C)OC(=O)N1CC(N)C(C(=O)N2CCCC(Cc3ccc(F)cc3)C2)C1. The van der Waals surface area contributed by atoms with E-state index in [0.717, 1.165) is 24.8 Å². The fourth-order valence-electron chi connectivity index (χ4n) is 4.19. The average Bonchev–Trinajstić information content (AvgIpc) is 3.04. The van der Waals surface area contributed by atoms with Crippen LogP contribution in [0.4, 0.5) is 9.18 Å². The van der Waals surface area contributed by atoms with Crippen LogP contribution in [0.1, 0.15) is 39.2 Å². The fourth-order valence-corrected chi connectivity index (χ4v) is 4.19. The van der Waals surface area contributed by atoms with Gasteiger partial charge >= 0.3 is 6.09 Å². The summed E-state index contributed by atoms with van der Waals surface area (Å²) in [5.74, 6) is -0.267. The number of rotatable bonds is 3. The molecule has 2 N–H and O–H groups in total. The minimum atomic E-state index is -0.580. The van der Waals surface area contributed by atoms with Crippen molar-refractivity contribution in [1.82, 2.24) is 9.80 Å². The number of nitrogens with zero attached hydrogens (tertiary/aromatic N) is 2. The monoisotopic (exact) mass is 405 g/mol. The number of carbonyl (C=O) groups is 2. The zero-order valence-corrected chi connectivity index (χ0v) is 17.6.